The number of carbonyl (C=O) groups is 1. The number of aromatic nitrogens is 1. The normalized spacial score (nSPS) is 10.1. The molecule has 0 aliphatic carbocycles. The van der Waals surface area contributed by atoms with Crippen molar-refractivity contribution in [1.29, 1.82) is 0 Å². The third kappa shape index (κ3) is 3.76. The number of carboxylic acid groups (broad SMARTS) is 1. The minimum Gasteiger partial charge on any atom is -0.478 e. The van der Waals surface area contributed by atoms with Crippen LogP contribution in [-0.2, 0) is 6.54 Å². The van der Waals surface area contributed by atoms with Gasteiger partial charge in [-0.15, -0.1) is 0 Å². The van der Waals surface area contributed by atoms with Crippen molar-refractivity contribution in [3.63, 3.8) is 0 Å². The van der Waals surface area contributed by atoms with Crippen LogP contribution in [0.1, 0.15) is 15.9 Å². The van der Waals surface area contributed by atoms with Gasteiger partial charge in [0.15, 0.2) is 0 Å². The van der Waals surface area contributed by atoms with Gasteiger partial charge < -0.3 is 10.4 Å². The summed E-state index contributed by atoms with van der Waals surface area (Å²) in [5, 5.41) is 22.7. The summed E-state index contributed by atoms with van der Waals surface area (Å²) in [4.78, 5) is 25.0. The first-order chi connectivity index (χ1) is 9.97. The summed E-state index contributed by atoms with van der Waals surface area (Å²) in [6.45, 7) is 0.333. The van der Waals surface area contributed by atoms with Crippen molar-refractivity contribution in [2.75, 3.05) is 5.32 Å². The number of halogens is 1. The van der Waals surface area contributed by atoms with Crippen molar-refractivity contribution in [3.8, 4) is 0 Å². The second kappa shape index (κ2) is 6.31. The largest absolute Gasteiger partial charge is 0.478 e. The number of anilines is 1. The molecule has 2 N–H and O–H groups in total. The third-order valence-corrected chi connectivity index (χ3v) is 3.15. The van der Waals surface area contributed by atoms with Crippen LogP contribution in [0, 0.1) is 10.1 Å². The third-order valence-electron chi connectivity index (χ3n) is 2.66. The van der Waals surface area contributed by atoms with E-state index in [1.54, 1.807) is 0 Å². The van der Waals surface area contributed by atoms with E-state index in [4.69, 9.17) is 5.11 Å². The highest BCUT2D eigenvalue weighted by Crippen LogP contribution is 2.23. The first-order valence-electron chi connectivity index (χ1n) is 5.83. The molecule has 0 bridgehead atoms. The molecule has 0 atom stereocenters. The number of pyridine rings is 1. The van der Waals surface area contributed by atoms with E-state index in [9.17, 15) is 14.9 Å². The molecule has 1 aromatic heterocycles. The van der Waals surface area contributed by atoms with Crippen LogP contribution in [0.3, 0.4) is 0 Å². The second-order valence-electron chi connectivity index (χ2n) is 4.14. The lowest BCUT2D eigenvalue weighted by molar-refractivity contribution is -0.384. The Morgan fingerprint density at radius 3 is 2.81 bits per heavy atom. The average molecular weight is 352 g/mol. The highest BCUT2D eigenvalue weighted by molar-refractivity contribution is 9.10. The summed E-state index contributed by atoms with van der Waals surface area (Å²) in [5.74, 6) is -1.23. The molecule has 0 saturated carbocycles. The second-order valence-corrected chi connectivity index (χ2v) is 5.05. The topological polar surface area (TPSA) is 105 Å². The Morgan fingerprint density at radius 1 is 1.43 bits per heavy atom. The first-order valence-corrected chi connectivity index (χ1v) is 6.62. The van der Waals surface area contributed by atoms with Crippen molar-refractivity contribution in [1.82, 2.24) is 4.98 Å². The maximum atomic E-state index is 11.0. The van der Waals surface area contributed by atoms with Crippen molar-refractivity contribution in [3.05, 3.63) is 62.2 Å². The predicted octanol–water partition coefficient (Wildman–Crippen LogP) is 3.06. The molecule has 0 aliphatic rings. The summed E-state index contributed by atoms with van der Waals surface area (Å²) in [5.41, 5.74) is 0.308. The van der Waals surface area contributed by atoms with Gasteiger partial charge >= 0.3 is 11.7 Å². The number of carboxylic acids is 1. The summed E-state index contributed by atoms with van der Waals surface area (Å²) in [7, 11) is 0. The van der Waals surface area contributed by atoms with E-state index in [1.165, 1.54) is 0 Å². The summed E-state index contributed by atoms with van der Waals surface area (Å²) in [6, 6.07) is 8.42. The van der Waals surface area contributed by atoms with Crippen LogP contribution in [0.25, 0.3) is 0 Å². The number of benzene rings is 1. The molecule has 0 aliphatic heterocycles. The quantitative estimate of drug-likeness (QED) is 0.633. The molecule has 0 saturated heterocycles. The zero-order valence-corrected chi connectivity index (χ0v) is 12.2. The van der Waals surface area contributed by atoms with Gasteiger partial charge in [-0.1, -0.05) is 28.1 Å². The summed E-state index contributed by atoms with van der Waals surface area (Å²) < 4.78 is 0.894. The van der Waals surface area contributed by atoms with E-state index in [0.29, 0.717) is 6.54 Å². The Kier molecular flexibility index (Phi) is 4.49. The van der Waals surface area contributed by atoms with Gasteiger partial charge in [0.05, 0.1) is 10.5 Å². The van der Waals surface area contributed by atoms with Gasteiger partial charge in [0.25, 0.3) is 0 Å². The molecule has 1 aromatic carbocycles. The van der Waals surface area contributed by atoms with E-state index >= 15 is 0 Å². The SMILES string of the molecule is O=C(O)c1cnc(NCc2cccc(Br)c2)c([N+](=O)[O-])c1. The van der Waals surface area contributed by atoms with E-state index in [-0.39, 0.29) is 17.1 Å². The number of nitrogens with one attached hydrogen (secondary N) is 1. The number of aromatic carboxylic acids is 1. The van der Waals surface area contributed by atoms with Gasteiger partial charge in [0.2, 0.25) is 5.82 Å². The van der Waals surface area contributed by atoms with E-state index < -0.39 is 10.9 Å². The minimum atomic E-state index is -1.26. The molecular formula is C13H10BrN3O4. The Balaban J connectivity index is 2.23. The van der Waals surface area contributed by atoms with Crippen molar-refractivity contribution >= 4 is 33.4 Å². The lowest BCUT2D eigenvalue weighted by Crippen LogP contribution is -2.07. The molecule has 0 fully saturated rings. The van der Waals surface area contributed by atoms with Crippen LogP contribution in [0.2, 0.25) is 0 Å². The number of nitrogens with zero attached hydrogens (tertiary/aromatic N) is 2. The van der Waals surface area contributed by atoms with Crippen LogP contribution in [0.4, 0.5) is 11.5 Å². The van der Waals surface area contributed by atoms with Gasteiger partial charge in [-0.05, 0) is 17.7 Å². The van der Waals surface area contributed by atoms with E-state index in [1.807, 2.05) is 24.3 Å². The highest BCUT2D eigenvalue weighted by atomic mass is 79.9. The number of rotatable bonds is 5. The first kappa shape index (κ1) is 14.9. The standard InChI is InChI=1S/C13H10BrN3O4/c14-10-3-1-2-8(4-10)6-15-12-11(17(20)21)5-9(7-16-12)13(18)19/h1-5,7H,6H2,(H,15,16)(H,18,19). The average Bonchev–Trinajstić information content (AvgIpc) is 2.44. The van der Waals surface area contributed by atoms with Gasteiger partial charge in [0, 0.05) is 23.3 Å². The van der Waals surface area contributed by atoms with Crippen molar-refractivity contribution in [2.45, 2.75) is 6.54 Å². The maximum absolute atomic E-state index is 11.0. The Labute approximate surface area is 127 Å². The molecule has 21 heavy (non-hydrogen) atoms. The molecule has 2 rings (SSSR count). The molecule has 1 heterocycles. The van der Waals surface area contributed by atoms with Gasteiger partial charge in [-0.25, -0.2) is 9.78 Å². The predicted molar refractivity (Wildman–Crippen MR) is 79.3 cm³/mol. The van der Waals surface area contributed by atoms with Gasteiger partial charge in [0.1, 0.15) is 0 Å². The molecular weight excluding hydrogens is 342 g/mol. The molecule has 0 spiro atoms. The fourth-order valence-corrected chi connectivity index (χ4v) is 2.12. The molecule has 108 valence electrons. The molecule has 7 nitrogen and oxygen atoms in total. The Bertz CT molecular complexity index is 706. The maximum Gasteiger partial charge on any atom is 0.337 e. The van der Waals surface area contributed by atoms with Crippen molar-refractivity contribution in [2.24, 2.45) is 0 Å². The van der Waals surface area contributed by atoms with Crippen LogP contribution in [-0.4, -0.2) is 21.0 Å². The number of hydrogen-bond acceptors (Lipinski definition) is 5. The molecule has 0 radical (unpaired) electrons. The van der Waals surface area contributed by atoms with Crippen LogP contribution >= 0.6 is 15.9 Å². The van der Waals surface area contributed by atoms with Crippen LogP contribution < -0.4 is 5.32 Å². The fourth-order valence-electron chi connectivity index (χ4n) is 1.68. The molecule has 8 heteroatoms. The van der Waals surface area contributed by atoms with E-state index in [0.717, 1.165) is 22.3 Å². The van der Waals surface area contributed by atoms with Crippen LogP contribution in [0.15, 0.2) is 41.0 Å². The zero-order valence-electron chi connectivity index (χ0n) is 10.6. The number of hydrogen-bond donors (Lipinski definition) is 2. The lowest BCUT2D eigenvalue weighted by atomic mass is 10.2. The van der Waals surface area contributed by atoms with Gasteiger partial charge in [-0.3, -0.25) is 10.1 Å². The van der Waals surface area contributed by atoms with E-state index in [2.05, 4.69) is 26.2 Å². The smallest absolute Gasteiger partial charge is 0.337 e. The van der Waals surface area contributed by atoms with Crippen LogP contribution in [0.5, 0.6) is 0 Å². The summed E-state index contributed by atoms with van der Waals surface area (Å²) in [6.07, 6.45) is 1.08. The summed E-state index contributed by atoms with van der Waals surface area (Å²) >= 11 is 3.33. The Hall–Kier alpha value is -2.48. The fraction of sp³-hybridized carbons (Fsp3) is 0.0769. The lowest BCUT2D eigenvalue weighted by Gasteiger charge is -2.07. The zero-order chi connectivity index (χ0) is 15.4. The van der Waals surface area contributed by atoms with Gasteiger partial charge in [-0.2, -0.15) is 0 Å². The minimum absolute atomic E-state index is 0.0324. The Morgan fingerprint density at radius 2 is 2.19 bits per heavy atom. The highest BCUT2D eigenvalue weighted by Gasteiger charge is 2.18. The van der Waals surface area contributed by atoms with Crippen molar-refractivity contribution < 1.29 is 14.8 Å². The monoisotopic (exact) mass is 351 g/mol. The molecule has 2 aromatic rings. The number of nitro groups is 1. The molecule has 0 amide bonds. The molecule has 0 unspecified atom stereocenters.